The molecule has 0 aliphatic carbocycles. The quantitative estimate of drug-likeness (QED) is 0.213. The lowest BCUT2D eigenvalue weighted by atomic mass is 10.0. The van der Waals surface area contributed by atoms with Crippen LogP contribution in [0.2, 0.25) is 10.0 Å². The lowest BCUT2D eigenvalue weighted by Crippen LogP contribution is -2.15. The van der Waals surface area contributed by atoms with Crippen LogP contribution in [0, 0.1) is 0 Å². The lowest BCUT2D eigenvalue weighted by Gasteiger charge is -2.18. The number of nitrogens with one attached hydrogen (secondary N) is 1. The van der Waals surface area contributed by atoms with Gasteiger partial charge in [-0.25, -0.2) is 0 Å². The minimum atomic E-state index is -0.110. The summed E-state index contributed by atoms with van der Waals surface area (Å²) in [5, 5.41) is 13.7. The molecule has 1 heterocycles. The number of para-hydroxylation sites is 2. The molecular weight excluding hydrogens is 531 g/mol. The lowest BCUT2D eigenvalue weighted by molar-refractivity contribution is -0.113. The number of anilines is 1. The van der Waals surface area contributed by atoms with Gasteiger partial charge in [-0.05, 0) is 60.6 Å². The van der Waals surface area contributed by atoms with Gasteiger partial charge in [-0.1, -0.05) is 79.1 Å². The Morgan fingerprint density at radius 2 is 1.69 bits per heavy atom. The summed E-state index contributed by atoms with van der Waals surface area (Å²) in [6.07, 6.45) is 3.67. The standard InChI is InChI=1S/C27H26Cl2N4OS2/c1-4-17-9-8-10-18(5-2)25(17)33-26(20-14-13-19(28)15-21(20)29)31-32-27(33)36-16-24(34)30-22-11-6-7-12-23(22)35-3/h6-15H,4-5,16H2,1-3H3,(H,30,34). The Labute approximate surface area is 230 Å². The molecule has 0 saturated carbocycles. The maximum Gasteiger partial charge on any atom is 0.234 e. The van der Waals surface area contributed by atoms with Gasteiger partial charge in [-0.2, -0.15) is 0 Å². The molecular formula is C27H26Cl2N4OS2. The van der Waals surface area contributed by atoms with E-state index in [2.05, 4.69) is 47.6 Å². The van der Waals surface area contributed by atoms with Crippen molar-refractivity contribution in [1.82, 2.24) is 14.8 Å². The van der Waals surface area contributed by atoms with Gasteiger partial charge in [0.2, 0.25) is 5.91 Å². The Morgan fingerprint density at radius 1 is 0.972 bits per heavy atom. The summed E-state index contributed by atoms with van der Waals surface area (Å²) in [5.74, 6) is 0.690. The third-order valence-corrected chi connectivity index (χ3v) is 7.98. The molecule has 0 aliphatic heterocycles. The summed E-state index contributed by atoms with van der Waals surface area (Å²) in [4.78, 5) is 13.9. The average molecular weight is 558 g/mol. The molecule has 1 N–H and O–H groups in total. The molecule has 0 unspecified atom stereocenters. The molecule has 0 fully saturated rings. The Morgan fingerprint density at radius 3 is 2.36 bits per heavy atom. The van der Waals surface area contributed by atoms with Crippen molar-refractivity contribution in [3.63, 3.8) is 0 Å². The molecule has 1 amide bonds. The Bertz CT molecular complexity index is 1370. The third kappa shape index (κ3) is 5.75. The zero-order valence-corrected chi connectivity index (χ0v) is 23.4. The first kappa shape index (κ1) is 26.6. The molecule has 3 aromatic carbocycles. The molecule has 1 aromatic heterocycles. The first-order chi connectivity index (χ1) is 17.5. The minimum absolute atomic E-state index is 0.110. The van der Waals surface area contributed by atoms with Crippen LogP contribution in [-0.4, -0.2) is 32.7 Å². The summed E-state index contributed by atoms with van der Waals surface area (Å²) in [7, 11) is 0. The van der Waals surface area contributed by atoms with Crippen molar-refractivity contribution in [2.24, 2.45) is 0 Å². The number of hydrogen-bond acceptors (Lipinski definition) is 5. The zero-order valence-electron chi connectivity index (χ0n) is 20.2. The van der Waals surface area contributed by atoms with E-state index in [4.69, 9.17) is 23.2 Å². The number of aromatic nitrogens is 3. The average Bonchev–Trinajstić information content (AvgIpc) is 3.30. The highest BCUT2D eigenvalue weighted by atomic mass is 35.5. The van der Waals surface area contributed by atoms with Crippen LogP contribution in [0.3, 0.4) is 0 Å². The van der Waals surface area contributed by atoms with Gasteiger partial charge in [0, 0.05) is 15.5 Å². The van der Waals surface area contributed by atoms with Crippen LogP contribution >= 0.6 is 46.7 Å². The van der Waals surface area contributed by atoms with E-state index in [0.717, 1.165) is 34.7 Å². The van der Waals surface area contributed by atoms with E-state index in [9.17, 15) is 4.79 Å². The highest BCUT2D eigenvalue weighted by Gasteiger charge is 2.22. The van der Waals surface area contributed by atoms with Crippen LogP contribution < -0.4 is 5.32 Å². The van der Waals surface area contributed by atoms with Gasteiger partial charge in [0.15, 0.2) is 11.0 Å². The number of carbonyl (C=O) groups is 1. The van der Waals surface area contributed by atoms with Crippen molar-refractivity contribution in [2.45, 2.75) is 36.7 Å². The SMILES string of the molecule is CCc1cccc(CC)c1-n1c(SCC(=O)Nc2ccccc2SC)nnc1-c1ccc(Cl)cc1Cl. The highest BCUT2D eigenvalue weighted by Crippen LogP contribution is 2.36. The molecule has 5 nitrogen and oxygen atoms in total. The second-order valence-corrected chi connectivity index (χ2v) is 10.6. The van der Waals surface area contributed by atoms with Crippen molar-refractivity contribution < 1.29 is 4.79 Å². The number of benzene rings is 3. The molecule has 186 valence electrons. The van der Waals surface area contributed by atoms with Crippen molar-refractivity contribution in [3.05, 3.63) is 81.8 Å². The van der Waals surface area contributed by atoms with Crippen molar-refractivity contribution in [3.8, 4) is 17.1 Å². The predicted octanol–water partition coefficient (Wildman–Crippen LogP) is 7.82. The van der Waals surface area contributed by atoms with E-state index in [0.29, 0.717) is 21.0 Å². The first-order valence-electron chi connectivity index (χ1n) is 11.5. The minimum Gasteiger partial charge on any atom is -0.324 e. The number of aryl methyl sites for hydroxylation is 2. The van der Waals surface area contributed by atoms with Gasteiger partial charge in [0.1, 0.15) is 0 Å². The summed E-state index contributed by atoms with van der Waals surface area (Å²) in [5.41, 5.74) is 4.90. The fourth-order valence-corrected chi connectivity index (χ4v) is 5.76. The molecule has 36 heavy (non-hydrogen) atoms. The number of carbonyl (C=O) groups excluding carboxylic acids is 1. The summed E-state index contributed by atoms with van der Waals surface area (Å²) in [6.45, 7) is 4.25. The largest absolute Gasteiger partial charge is 0.324 e. The predicted molar refractivity (Wildman–Crippen MR) is 153 cm³/mol. The monoisotopic (exact) mass is 556 g/mol. The third-order valence-electron chi connectivity index (χ3n) is 5.71. The molecule has 0 radical (unpaired) electrons. The number of hydrogen-bond donors (Lipinski definition) is 1. The molecule has 9 heteroatoms. The first-order valence-corrected chi connectivity index (χ1v) is 14.5. The van der Waals surface area contributed by atoms with Crippen molar-refractivity contribution in [2.75, 3.05) is 17.3 Å². The van der Waals surface area contributed by atoms with Gasteiger partial charge in [0.05, 0.1) is 22.2 Å². The highest BCUT2D eigenvalue weighted by molar-refractivity contribution is 7.99. The molecule has 0 bridgehead atoms. The topological polar surface area (TPSA) is 59.8 Å². The summed E-state index contributed by atoms with van der Waals surface area (Å²) >= 11 is 15.7. The van der Waals surface area contributed by atoms with E-state index in [1.54, 1.807) is 23.9 Å². The molecule has 0 spiro atoms. The van der Waals surface area contributed by atoms with E-state index in [-0.39, 0.29) is 11.7 Å². The van der Waals surface area contributed by atoms with Gasteiger partial charge in [0.25, 0.3) is 0 Å². The van der Waals surface area contributed by atoms with E-state index in [1.165, 1.54) is 22.9 Å². The Kier molecular flexibility index (Phi) is 9.01. The van der Waals surface area contributed by atoms with Crippen molar-refractivity contribution >= 4 is 58.3 Å². The fourth-order valence-electron chi connectivity index (χ4n) is 3.98. The molecule has 0 atom stereocenters. The molecule has 0 saturated heterocycles. The normalized spacial score (nSPS) is 11.0. The molecule has 4 aromatic rings. The number of rotatable bonds is 9. The second kappa shape index (κ2) is 12.2. The van der Waals surface area contributed by atoms with Crippen LogP contribution in [0.5, 0.6) is 0 Å². The summed E-state index contributed by atoms with van der Waals surface area (Å²) < 4.78 is 2.03. The number of halogens is 2. The smallest absolute Gasteiger partial charge is 0.234 e. The van der Waals surface area contributed by atoms with E-state index >= 15 is 0 Å². The maximum absolute atomic E-state index is 12.9. The second-order valence-electron chi connectivity index (χ2n) is 7.93. The van der Waals surface area contributed by atoms with Gasteiger partial charge in [-0.3, -0.25) is 9.36 Å². The van der Waals surface area contributed by atoms with Gasteiger partial charge >= 0.3 is 0 Å². The summed E-state index contributed by atoms with van der Waals surface area (Å²) in [6, 6.07) is 19.4. The van der Waals surface area contributed by atoms with E-state index < -0.39 is 0 Å². The van der Waals surface area contributed by atoms with Crippen LogP contribution in [0.15, 0.2) is 70.7 Å². The van der Waals surface area contributed by atoms with Crippen molar-refractivity contribution in [1.29, 1.82) is 0 Å². The van der Waals surface area contributed by atoms with Crippen LogP contribution in [-0.2, 0) is 17.6 Å². The fraction of sp³-hybridized carbons (Fsp3) is 0.222. The maximum atomic E-state index is 12.9. The van der Waals surface area contributed by atoms with Crippen LogP contribution in [0.1, 0.15) is 25.0 Å². The number of nitrogens with zero attached hydrogens (tertiary/aromatic N) is 3. The van der Waals surface area contributed by atoms with Crippen LogP contribution in [0.4, 0.5) is 5.69 Å². The Hall–Kier alpha value is -2.45. The van der Waals surface area contributed by atoms with E-state index in [1.807, 2.05) is 41.2 Å². The zero-order chi connectivity index (χ0) is 25.7. The molecule has 4 rings (SSSR count). The Balaban J connectivity index is 1.74. The number of thioether (sulfide) groups is 2. The molecule has 0 aliphatic rings. The van der Waals surface area contributed by atoms with Gasteiger partial charge in [-0.15, -0.1) is 22.0 Å². The number of amides is 1. The van der Waals surface area contributed by atoms with Crippen LogP contribution in [0.25, 0.3) is 17.1 Å². The van der Waals surface area contributed by atoms with Gasteiger partial charge < -0.3 is 5.32 Å².